The van der Waals surface area contributed by atoms with Crippen LogP contribution in [0.15, 0.2) is 41.3 Å². The first-order valence-corrected chi connectivity index (χ1v) is 10.5. The number of aryl methyl sites for hydroxylation is 1. The van der Waals surface area contributed by atoms with E-state index in [1.165, 1.54) is 29.6 Å². The number of nitrogens with zero attached hydrogens (tertiary/aromatic N) is 1. The lowest BCUT2D eigenvalue weighted by Crippen LogP contribution is -2.40. The number of methoxy groups -OCH3 is 1. The average Bonchev–Trinajstić information content (AvgIpc) is 2.69. The molecule has 1 aliphatic rings. The fourth-order valence-electron chi connectivity index (χ4n) is 2.88. The average molecular weight is 425 g/mol. The Morgan fingerprint density at radius 3 is 2.57 bits per heavy atom. The van der Waals surface area contributed by atoms with Gasteiger partial charge in [0.15, 0.2) is 0 Å². The summed E-state index contributed by atoms with van der Waals surface area (Å²) >= 11 is 6.14. The minimum atomic E-state index is -3.82. The van der Waals surface area contributed by atoms with Gasteiger partial charge < -0.3 is 14.8 Å². The van der Waals surface area contributed by atoms with Gasteiger partial charge in [-0.3, -0.25) is 4.79 Å². The molecule has 150 valence electrons. The molecule has 3 rings (SSSR count). The van der Waals surface area contributed by atoms with Crippen molar-refractivity contribution in [2.45, 2.75) is 11.8 Å². The molecule has 2 aromatic carbocycles. The number of carbonyl (C=O) groups excluding carboxylic acids is 1. The maximum Gasteiger partial charge on any atom is 0.255 e. The molecule has 1 N–H and O–H groups in total. The molecule has 7 nitrogen and oxygen atoms in total. The Morgan fingerprint density at radius 1 is 1.18 bits per heavy atom. The molecular formula is C19H21ClN2O5S. The molecule has 28 heavy (non-hydrogen) atoms. The Hall–Kier alpha value is -2.13. The van der Waals surface area contributed by atoms with Crippen molar-refractivity contribution in [1.82, 2.24) is 4.31 Å². The third kappa shape index (κ3) is 4.30. The van der Waals surface area contributed by atoms with Crippen LogP contribution in [0.2, 0.25) is 5.02 Å². The van der Waals surface area contributed by atoms with Crippen LogP contribution in [0.25, 0.3) is 0 Å². The number of anilines is 1. The van der Waals surface area contributed by atoms with Crippen LogP contribution in [0.3, 0.4) is 0 Å². The van der Waals surface area contributed by atoms with Gasteiger partial charge >= 0.3 is 0 Å². The SMILES string of the molecule is COc1ccc(C)cc1NC(=O)c1ccc(Cl)c(S(=O)(=O)N2CCOCC2)c1. The lowest BCUT2D eigenvalue weighted by molar-refractivity contribution is 0.0730. The van der Waals surface area contributed by atoms with Crippen molar-refractivity contribution in [3.05, 3.63) is 52.5 Å². The van der Waals surface area contributed by atoms with Crippen molar-refractivity contribution in [3.8, 4) is 5.75 Å². The molecule has 0 unspecified atom stereocenters. The van der Waals surface area contributed by atoms with Crippen molar-refractivity contribution >= 4 is 33.2 Å². The van der Waals surface area contributed by atoms with E-state index >= 15 is 0 Å². The van der Waals surface area contributed by atoms with Crippen LogP contribution in [0.1, 0.15) is 15.9 Å². The van der Waals surface area contributed by atoms with E-state index in [1.807, 2.05) is 13.0 Å². The highest BCUT2D eigenvalue weighted by atomic mass is 35.5. The molecule has 9 heteroatoms. The van der Waals surface area contributed by atoms with Crippen LogP contribution in [-0.4, -0.2) is 52.0 Å². The first kappa shape index (κ1) is 20.6. The number of hydrogen-bond donors (Lipinski definition) is 1. The molecule has 1 amide bonds. The van der Waals surface area contributed by atoms with E-state index in [0.717, 1.165) is 5.56 Å². The summed E-state index contributed by atoms with van der Waals surface area (Å²) in [4.78, 5) is 12.6. The van der Waals surface area contributed by atoms with E-state index in [0.29, 0.717) is 24.7 Å². The second-order valence-electron chi connectivity index (χ2n) is 6.32. The first-order valence-electron chi connectivity index (χ1n) is 8.66. The second kappa shape index (κ2) is 8.48. The molecule has 0 spiro atoms. The molecule has 1 saturated heterocycles. The number of benzene rings is 2. The minimum absolute atomic E-state index is 0.0659. The van der Waals surface area contributed by atoms with Gasteiger partial charge in [-0.25, -0.2) is 8.42 Å². The molecule has 0 atom stereocenters. The molecular weight excluding hydrogens is 404 g/mol. The third-order valence-electron chi connectivity index (χ3n) is 4.38. The lowest BCUT2D eigenvalue weighted by atomic mass is 10.1. The smallest absolute Gasteiger partial charge is 0.255 e. The first-order chi connectivity index (χ1) is 13.3. The van der Waals surface area contributed by atoms with E-state index in [2.05, 4.69) is 5.32 Å². The number of halogens is 1. The van der Waals surface area contributed by atoms with Crippen LogP contribution >= 0.6 is 11.6 Å². The Morgan fingerprint density at radius 2 is 1.89 bits per heavy atom. The van der Waals surface area contributed by atoms with E-state index in [9.17, 15) is 13.2 Å². The number of ether oxygens (including phenoxy) is 2. The summed E-state index contributed by atoms with van der Waals surface area (Å²) in [5.74, 6) is 0.0491. The highest BCUT2D eigenvalue weighted by molar-refractivity contribution is 7.89. The van der Waals surface area contributed by atoms with Gasteiger partial charge in [0.1, 0.15) is 10.6 Å². The van der Waals surface area contributed by atoms with Gasteiger partial charge in [0, 0.05) is 18.7 Å². The number of sulfonamides is 1. The van der Waals surface area contributed by atoms with Crippen molar-refractivity contribution in [3.63, 3.8) is 0 Å². The summed E-state index contributed by atoms with van der Waals surface area (Å²) < 4.78 is 37.6. The van der Waals surface area contributed by atoms with Gasteiger partial charge in [-0.15, -0.1) is 0 Å². The largest absolute Gasteiger partial charge is 0.495 e. The molecule has 0 radical (unpaired) electrons. The maximum atomic E-state index is 12.9. The summed E-state index contributed by atoms with van der Waals surface area (Å²) in [7, 11) is -2.31. The Bertz CT molecular complexity index is 988. The summed E-state index contributed by atoms with van der Waals surface area (Å²) in [6, 6.07) is 9.59. The number of carbonyl (C=O) groups is 1. The molecule has 0 aromatic heterocycles. The summed E-state index contributed by atoms with van der Waals surface area (Å²) in [6.45, 7) is 3.03. The van der Waals surface area contributed by atoms with Crippen LogP contribution in [0.5, 0.6) is 5.75 Å². The highest BCUT2D eigenvalue weighted by Crippen LogP contribution is 2.29. The zero-order valence-electron chi connectivity index (χ0n) is 15.6. The van der Waals surface area contributed by atoms with Gasteiger partial charge in [0.25, 0.3) is 5.91 Å². The highest BCUT2D eigenvalue weighted by Gasteiger charge is 2.29. The van der Waals surface area contributed by atoms with Crippen molar-refractivity contribution < 1.29 is 22.7 Å². The van der Waals surface area contributed by atoms with Gasteiger partial charge in [0.2, 0.25) is 10.0 Å². The Kier molecular flexibility index (Phi) is 6.24. The molecule has 1 fully saturated rings. The van der Waals surface area contributed by atoms with Crippen LogP contribution in [0, 0.1) is 6.92 Å². The third-order valence-corrected chi connectivity index (χ3v) is 6.76. The van der Waals surface area contributed by atoms with Crippen molar-refractivity contribution in [1.29, 1.82) is 0 Å². The Balaban J connectivity index is 1.91. The number of morpholine rings is 1. The van der Waals surface area contributed by atoms with E-state index in [-0.39, 0.29) is 28.6 Å². The summed E-state index contributed by atoms with van der Waals surface area (Å²) in [5.41, 5.74) is 1.63. The van der Waals surface area contributed by atoms with Gasteiger partial charge in [-0.1, -0.05) is 17.7 Å². The fourth-order valence-corrected chi connectivity index (χ4v) is 4.79. The zero-order valence-corrected chi connectivity index (χ0v) is 17.1. The summed E-state index contributed by atoms with van der Waals surface area (Å²) in [5, 5.41) is 2.83. The van der Waals surface area contributed by atoms with Crippen molar-refractivity contribution in [2.75, 3.05) is 38.7 Å². The predicted molar refractivity (Wildman–Crippen MR) is 107 cm³/mol. The fraction of sp³-hybridized carbons (Fsp3) is 0.316. The molecule has 2 aromatic rings. The maximum absolute atomic E-state index is 12.9. The van der Waals surface area contributed by atoms with Crippen LogP contribution < -0.4 is 10.1 Å². The number of amides is 1. The standard InChI is InChI=1S/C19H21ClN2O5S/c1-13-3-6-17(26-2)16(11-13)21-19(23)14-4-5-15(20)18(12-14)28(24,25)22-7-9-27-10-8-22/h3-6,11-12H,7-10H2,1-2H3,(H,21,23). The van der Waals surface area contributed by atoms with Crippen molar-refractivity contribution in [2.24, 2.45) is 0 Å². The quantitative estimate of drug-likeness (QED) is 0.797. The van der Waals surface area contributed by atoms with E-state index in [4.69, 9.17) is 21.1 Å². The topological polar surface area (TPSA) is 84.9 Å². The normalized spacial score (nSPS) is 15.2. The molecule has 1 heterocycles. The van der Waals surface area contributed by atoms with Gasteiger partial charge in [-0.05, 0) is 42.8 Å². The molecule has 0 aliphatic carbocycles. The zero-order chi connectivity index (χ0) is 20.3. The molecule has 0 bridgehead atoms. The molecule has 0 saturated carbocycles. The molecule has 1 aliphatic heterocycles. The van der Waals surface area contributed by atoms with Gasteiger partial charge in [-0.2, -0.15) is 4.31 Å². The minimum Gasteiger partial charge on any atom is -0.495 e. The monoisotopic (exact) mass is 424 g/mol. The lowest BCUT2D eigenvalue weighted by Gasteiger charge is -2.26. The van der Waals surface area contributed by atoms with E-state index < -0.39 is 15.9 Å². The van der Waals surface area contributed by atoms with Crippen LogP contribution in [0.4, 0.5) is 5.69 Å². The van der Waals surface area contributed by atoms with Gasteiger partial charge in [0.05, 0.1) is 31.0 Å². The number of rotatable bonds is 5. The van der Waals surface area contributed by atoms with E-state index in [1.54, 1.807) is 12.1 Å². The predicted octanol–water partition coefficient (Wildman–Crippen LogP) is 2.93. The van der Waals surface area contributed by atoms with Crippen LogP contribution in [-0.2, 0) is 14.8 Å². The number of hydrogen-bond acceptors (Lipinski definition) is 5. The Labute approximate surface area is 169 Å². The second-order valence-corrected chi connectivity index (χ2v) is 8.63. The number of nitrogens with one attached hydrogen (secondary N) is 1. The summed E-state index contributed by atoms with van der Waals surface area (Å²) in [6.07, 6.45) is 0.